The molecule has 0 spiro atoms. The average Bonchev–Trinajstić information content (AvgIpc) is 2.40. The number of nitrogens with zero attached hydrogens (tertiary/aromatic N) is 1. The van der Waals surface area contributed by atoms with E-state index in [1.54, 1.807) is 7.11 Å². The molecule has 0 heterocycles. The predicted molar refractivity (Wildman–Crippen MR) is 81.8 cm³/mol. The Labute approximate surface area is 117 Å². The molecule has 0 saturated carbocycles. The summed E-state index contributed by atoms with van der Waals surface area (Å²) in [5, 5.41) is 0. The summed E-state index contributed by atoms with van der Waals surface area (Å²) in [7, 11) is 1.72. The maximum atomic E-state index is 6.25. The fourth-order valence-corrected chi connectivity index (χ4v) is 2.34. The van der Waals surface area contributed by atoms with Gasteiger partial charge in [0.25, 0.3) is 0 Å². The molecule has 0 fully saturated rings. The molecule has 0 aliphatic heterocycles. The number of nitrogens with two attached hydrogens (primary N) is 1. The second kappa shape index (κ2) is 8.18. The van der Waals surface area contributed by atoms with Crippen molar-refractivity contribution in [3.8, 4) is 5.75 Å². The molecule has 108 valence electrons. The van der Waals surface area contributed by atoms with Crippen LogP contribution in [0, 0.1) is 6.92 Å². The second-order valence-electron chi connectivity index (χ2n) is 5.10. The Balaban J connectivity index is 2.56. The molecule has 3 nitrogen and oxygen atoms in total. The lowest BCUT2D eigenvalue weighted by Crippen LogP contribution is -2.31. The van der Waals surface area contributed by atoms with Crippen LogP contribution in [0.3, 0.4) is 0 Å². The van der Waals surface area contributed by atoms with Crippen molar-refractivity contribution < 1.29 is 4.74 Å². The molecule has 19 heavy (non-hydrogen) atoms. The minimum atomic E-state index is 0.191. The molecule has 2 N–H and O–H groups in total. The van der Waals surface area contributed by atoms with Crippen molar-refractivity contribution in [2.75, 3.05) is 26.7 Å². The maximum absolute atomic E-state index is 6.25. The molecule has 1 rings (SSSR count). The van der Waals surface area contributed by atoms with E-state index in [9.17, 15) is 0 Å². The lowest BCUT2D eigenvalue weighted by Gasteiger charge is -2.21. The third kappa shape index (κ3) is 5.21. The van der Waals surface area contributed by atoms with E-state index in [1.165, 1.54) is 11.1 Å². The number of hydrogen-bond donors (Lipinski definition) is 1. The van der Waals surface area contributed by atoms with Crippen molar-refractivity contribution in [3.63, 3.8) is 0 Å². The Hall–Kier alpha value is -1.06. The minimum Gasteiger partial charge on any atom is -0.496 e. The van der Waals surface area contributed by atoms with Gasteiger partial charge in [-0.1, -0.05) is 31.5 Å². The molecule has 0 aliphatic rings. The monoisotopic (exact) mass is 264 g/mol. The molecule has 0 bridgehead atoms. The first kappa shape index (κ1) is 16.0. The smallest absolute Gasteiger partial charge is 0.122 e. The van der Waals surface area contributed by atoms with E-state index >= 15 is 0 Å². The van der Waals surface area contributed by atoms with Gasteiger partial charge in [-0.15, -0.1) is 0 Å². The molecule has 0 aromatic heterocycles. The fraction of sp³-hybridized carbons (Fsp3) is 0.625. The summed E-state index contributed by atoms with van der Waals surface area (Å²) < 4.78 is 5.40. The van der Waals surface area contributed by atoms with E-state index in [2.05, 4.69) is 37.8 Å². The molecular formula is C16H28N2O. The minimum absolute atomic E-state index is 0.191. The van der Waals surface area contributed by atoms with Gasteiger partial charge in [0, 0.05) is 6.04 Å². The van der Waals surface area contributed by atoms with Crippen molar-refractivity contribution in [1.82, 2.24) is 4.90 Å². The van der Waals surface area contributed by atoms with Gasteiger partial charge >= 0.3 is 0 Å². The fourth-order valence-electron chi connectivity index (χ4n) is 2.34. The largest absolute Gasteiger partial charge is 0.496 e. The van der Waals surface area contributed by atoms with E-state index in [0.717, 1.165) is 38.2 Å². The molecule has 1 aromatic rings. The molecule has 0 radical (unpaired) electrons. The molecule has 1 atom stereocenters. The zero-order valence-electron chi connectivity index (χ0n) is 12.8. The van der Waals surface area contributed by atoms with Gasteiger partial charge in [-0.05, 0) is 51.0 Å². The summed E-state index contributed by atoms with van der Waals surface area (Å²) >= 11 is 0. The summed E-state index contributed by atoms with van der Waals surface area (Å²) in [5.74, 6) is 0.948. The van der Waals surface area contributed by atoms with Crippen LogP contribution in [0.15, 0.2) is 18.2 Å². The SMILES string of the molecule is CCN(CC)CCC(N)Cc1cc(C)ccc1OC. The molecule has 0 aliphatic carbocycles. The van der Waals surface area contributed by atoms with Gasteiger partial charge < -0.3 is 15.4 Å². The van der Waals surface area contributed by atoms with Gasteiger partial charge in [0.15, 0.2) is 0 Å². The van der Waals surface area contributed by atoms with Crippen LogP contribution in [0.5, 0.6) is 5.75 Å². The lowest BCUT2D eigenvalue weighted by atomic mass is 10.0. The second-order valence-corrected chi connectivity index (χ2v) is 5.10. The maximum Gasteiger partial charge on any atom is 0.122 e. The summed E-state index contributed by atoms with van der Waals surface area (Å²) in [4.78, 5) is 2.41. The first-order valence-electron chi connectivity index (χ1n) is 7.22. The Bertz CT molecular complexity index is 375. The normalized spacial score (nSPS) is 12.7. The quantitative estimate of drug-likeness (QED) is 0.784. The number of methoxy groups -OCH3 is 1. The highest BCUT2D eigenvalue weighted by molar-refractivity contribution is 5.37. The van der Waals surface area contributed by atoms with Gasteiger partial charge in [-0.25, -0.2) is 0 Å². The third-order valence-electron chi connectivity index (χ3n) is 3.63. The van der Waals surface area contributed by atoms with E-state index in [1.807, 2.05) is 6.07 Å². The standard InChI is InChI=1S/C16H28N2O/c1-5-18(6-2)10-9-15(17)12-14-11-13(3)7-8-16(14)19-4/h7-8,11,15H,5-6,9-10,12,17H2,1-4H3. The van der Waals surface area contributed by atoms with Crippen LogP contribution >= 0.6 is 0 Å². The first-order valence-corrected chi connectivity index (χ1v) is 7.22. The van der Waals surface area contributed by atoms with Gasteiger partial charge in [0.05, 0.1) is 7.11 Å². The highest BCUT2D eigenvalue weighted by Crippen LogP contribution is 2.21. The van der Waals surface area contributed by atoms with Crippen LogP contribution in [-0.2, 0) is 6.42 Å². The van der Waals surface area contributed by atoms with E-state index in [-0.39, 0.29) is 6.04 Å². The Morgan fingerprint density at radius 1 is 1.26 bits per heavy atom. The molecule has 1 aromatic carbocycles. The van der Waals surface area contributed by atoms with Gasteiger partial charge in [0.2, 0.25) is 0 Å². The lowest BCUT2D eigenvalue weighted by molar-refractivity contribution is 0.289. The van der Waals surface area contributed by atoms with Crippen molar-refractivity contribution in [2.24, 2.45) is 5.73 Å². The van der Waals surface area contributed by atoms with Crippen LogP contribution < -0.4 is 10.5 Å². The van der Waals surface area contributed by atoms with Crippen molar-refractivity contribution in [1.29, 1.82) is 0 Å². The Kier molecular flexibility index (Phi) is 6.89. The summed E-state index contributed by atoms with van der Waals surface area (Å²) in [6.07, 6.45) is 1.91. The highest BCUT2D eigenvalue weighted by Gasteiger charge is 2.10. The third-order valence-corrected chi connectivity index (χ3v) is 3.63. The zero-order valence-corrected chi connectivity index (χ0v) is 12.8. The summed E-state index contributed by atoms with van der Waals surface area (Å²) in [6, 6.07) is 6.47. The van der Waals surface area contributed by atoms with Crippen LogP contribution in [0.4, 0.5) is 0 Å². The van der Waals surface area contributed by atoms with Gasteiger partial charge in [-0.2, -0.15) is 0 Å². The van der Waals surface area contributed by atoms with Crippen LogP contribution in [0.25, 0.3) is 0 Å². The van der Waals surface area contributed by atoms with Crippen LogP contribution in [0.1, 0.15) is 31.4 Å². The molecule has 0 amide bonds. The Morgan fingerprint density at radius 3 is 2.53 bits per heavy atom. The van der Waals surface area contributed by atoms with E-state index < -0.39 is 0 Å². The number of ether oxygens (including phenoxy) is 1. The van der Waals surface area contributed by atoms with Crippen molar-refractivity contribution >= 4 is 0 Å². The zero-order chi connectivity index (χ0) is 14.3. The average molecular weight is 264 g/mol. The van der Waals surface area contributed by atoms with E-state index in [0.29, 0.717) is 0 Å². The Morgan fingerprint density at radius 2 is 1.95 bits per heavy atom. The molecule has 1 unspecified atom stereocenters. The highest BCUT2D eigenvalue weighted by atomic mass is 16.5. The first-order chi connectivity index (χ1) is 9.10. The topological polar surface area (TPSA) is 38.5 Å². The van der Waals surface area contributed by atoms with Gasteiger partial charge in [0.1, 0.15) is 5.75 Å². The molecule has 3 heteroatoms. The molecular weight excluding hydrogens is 236 g/mol. The van der Waals surface area contributed by atoms with E-state index in [4.69, 9.17) is 10.5 Å². The van der Waals surface area contributed by atoms with Crippen molar-refractivity contribution in [2.45, 2.75) is 39.7 Å². The number of benzene rings is 1. The summed E-state index contributed by atoms with van der Waals surface area (Å²) in [5.41, 5.74) is 8.73. The number of rotatable bonds is 8. The van der Waals surface area contributed by atoms with Crippen LogP contribution in [-0.4, -0.2) is 37.7 Å². The van der Waals surface area contributed by atoms with Gasteiger partial charge in [-0.3, -0.25) is 0 Å². The predicted octanol–water partition coefficient (Wildman–Crippen LogP) is 2.61. The molecule has 0 saturated heterocycles. The van der Waals surface area contributed by atoms with Crippen molar-refractivity contribution in [3.05, 3.63) is 29.3 Å². The van der Waals surface area contributed by atoms with Crippen LogP contribution in [0.2, 0.25) is 0 Å². The summed E-state index contributed by atoms with van der Waals surface area (Å²) in [6.45, 7) is 9.75. The number of hydrogen-bond acceptors (Lipinski definition) is 3. The number of aryl methyl sites for hydroxylation is 1.